The first-order chi connectivity index (χ1) is 14.6. The van der Waals surface area contributed by atoms with Crippen molar-refractivity contribution in [1.82, 2.24) is 4.57 Å². The molecule has 5 nitrogen and oxygen atoms in total. The van der Waals surface area contributed by atoms with Gasteiger partial charge in [0.15, 0.2) is 0 Å². The summed E-state index contributed by atoms with van der Waals surface area (Å²) < 4.78 is 30.7. The molecule has 3 aromatic carbocycles. The van der Waals surface area contributed by atoms with Crippen LogP contribution < -0.4 is 4.72 Å². The van der Waals surface area contributed by atoms with E-state index in [9.17, 15) is 13.5 Å². The number of phenols is 1. The molecule has 0 saturated heterocycles. The normalized spacial score (nSPS) is 11.8. The first kappa shape index (κ1) is 21.0. The molecule has 0 spiro atoms. The molecular formula is C25H26N2O3S. The summed E-state index contributed by atoms with van der Waals surface area (Å²) in [4.78, 5) is 0.197. The van der Waals surface area contributed by atoms with E-state index in [4.69, 9.17) is 0 Å². The Kier molecular flexibility index (Phi) is 5.06. The molecule has 0 radical (unpaired) electrons. The Balaban J connectivity index is 1.90. The van der Waals surface area contributed by atoms with Crippen molar-refractivity contribution in [3.8, 4) is 11.4 Å². The number of aryl methyl sites for hydroxylation is 2. The Morgan fingerprint density at radius 3 is 2.16 bits per heavy atom. The van der Waals surface area contributed by atoms with Crippen LogP contribution in [0.5, 0.6) is 5.75 Å². The van der Waals surface area contributed by atoms with Gasteiger partial charge in [-0.25, -0.2) is 8.42 Å². The molecule has 0 aliphatic heterocycles. The van der Waals surface area contributed by atoms with Crippen molar-refractivity contribution in [2.45, 2.75) is 39.5 Å². The maximum absolute atomic E-state index is 13.0. The molecule has 0 aliphatic rings. The summed E-state index contributed by atoms with van der Waals surface area (Å²) in [6.45, 7) is 9.56. The van der Waals surface area contributed by atoms with Gasteiger partial charge >= 0.3 is 0 Å². The predicted molar refractivity (Wildman–Crippen MR) is 126 cm³/mol. The van der Waals surface area contributed by atoms with Crippen LogP contribution in [0.25, 0.3) is 16.6 Å². The highest BCUT2D eigenvalue weighted by molar-refractivity contribution is 7.92. The topological polar surface area (TPSA) is 71.3 Å². The largest absolute Gasteiger partial charge is 0.505 e. The van der Waals surface area contributed by atoms with Crippen molar-refractivity contribution >= 4 is 26.6 Å². The summed E-state index contributed by atoms with van der Waals surface area (Å²) in [5.41, 5.74) is 6.37. The zero-order chi connectivity index (χ0) is 22.5. The minimum absolute atomic E-state index is 0.139. The first-order valence-electron chi connectivity index (χ1n) is 10.1. The van der Waals surface area contributed by atoms with E-state index in [1.54, 1.807) is 44.2 Å². The van der Waals surface area contributed by atoms with Gasteiger partial charge in [0, 0.05) is 11.1 Å². The van der Waals surface area contributed by atoms with E-state index in [0.29, 0.717) is 22.5 Å². The number of anilines is 1. The monoisotopic (exact) mass is 434 g/mol. The maximum Gasteiger partial charge on any atom is 0.261 e. The molecule has 2 N–H and O–H groups in total. The summed E-state index contributed by atoms with van der Waals surface area (Å²) in [6.07, 6.45) is 0. The third kappa shape index (κ3) is 3.47. The molecule has 0 atom stereocenters. The fourth-order valence-corrected chi connectivity index (χ4v) is 5.04. The number of phenolic OH excluding ortho intramolecular Hbond substituents is 1. The molecular weight excluding hydrogens is 408 g/mol. The number of nitrogens with one attached hydrogen (secondary N) is 1. The fourth-order valence-electron chi connectivity index (χ4n) is 3.92. The van der Waals surface area contributed by atoms with Gasteiger partial charge in [0.2, 0.25) is 0 Å². The van der Waals surface area contributed by atoms with Crippen LogP contribution in [0.4, 0.5) is 5.69 Å². The van der Waals surface area contributed by atoms with E-state index in [1.165, 1.54) is 0 Å². The van der Waals surface area contributed by atoms with Crippen molar-refractivity contribution in [3.63, 3.8) is 0 Å². The van der Waals surface area contributed by atoms with Gasteiger partial charge in [0.1, 0.15) is 5.75 Å². The number of rotatable bonds is 4. The van der Waals surface area contributed by atoms with Crippen LogP contribution in [0.3, 0.4) is 0 Å². The number of aromatic hydroxyl groups is 1. The summed E-state index contributed by atoms with van der Waals surface area (Å²) >= 11 is 0. The number of benzene rings is 3. The zero-order valence-corrected chi connectivity index (χ0v) is 19.1. The third-order valence-corrected chi connectivity index (χ3v) is 7.47. The Morgan fingerprint density at radius 2 is 1.48 bits per heavy atom. The molecule has 0 amide bonds. The zero-order valence-electron chi connectivity index (χ0n) is 18.3. The molecule has 0 bridgehead atoms. The van der Waals surface area contributed by atoms with Crippen molar-refractivity contribution in [1.29, 1.82) is 0 Å². The lowest BCUT2D eigenvalue weighted by atomic mass is 10.1. The highest BCUT2D eigenvalue weighted by Gasteiger charge is 2.21. The van der Waals surface area contributed by atoms with Gasteiger partial charge in [-0.1, -0.05) is 35.9 Å². The van der Waals surface area contributed by atoms with E-state index < -0.39 is 10.0 Å². The quantitative estimate of drug-likeness (QED) is 0.406. The van der Waals surface area contributed by atoms with Crippen LogP contribution >= 0.6 is 0 Å². The molecule has 0 unspecified atom stereocenters. The lowest BCUT2D eigenvalue weighted by Crippen LogP contribution is -2.15. The van der Waals surface area contributed by atoms with Gasteiger partial charge in [-0.3, -0.25) is 4.72 Å². The van der Waals surface area contributed by atoms with Crippen molar-refractivity contribution in [2.75, 3.05) is 4.72 Å². The van der Waals surface area contributed by atoms with Crippen LogP contribution in [0.2, 0.25) is 0 Å². The average molecular weight is 435 g/mol. The van der Waals surface area contributed by atoms with E-state index in [-0.39, 0.29) is 10.6 Å². The van der Waals surface area contributed by atoms with Gasteiger partial charge in [0.25, 0.3) is 10.0 Å². The molecule has 31 heavy (non-hydrogen) atoms. The number of hydrogen-bond acceptors (Lipinski definition) is 3. The molecule has 4 rings (SSSR count). The SMILES string of the molecule is Cc1ccc(S(=O)(=O)Nc2cc(-n3c(C)c(C)c4ccccc43)c(O)c(C)c2C)cc1. The number of aromatic nitrogens is 1. The Bertz CT molecular complexity index is 1420. The van der Waals surface area contributed by atoms with Crippen molar-refractivity contribution in [3.05, 3.63) is 82.5 Å². The second-order valence-corrected chi connectivity index (χ2v) is 9.71. The predicted octanol–water partition coefficient (Wildman–Crippen LogP) is 5.68. The van der Waals surface area contributed by atoms with E-state index in [1.807, 2.05) is 49.6 Å². The fraction of sp³-hybridized carbons (Fsp3) is 0.200. The van der Waals surface area contributed by atoms with Gasteiger partial charge < -0.3 is 9.67 Å². The second kappa shape index (κ2) is 7.46. The molecule has 1 aromatic heterocycles. The molecule has 4 aromatic rings. The van der Waals surface area contributed by atoms with Gasteiger partial charge in [-0.05, 0) is 75.6 Å². The minimum atomic E-state index is -3.77. The third-order valence-electron chi connectivity index (χ3n) is 6.09. The summed E-state index contributed by atoms with van der Waals surface area (Å²) in [7, 11) is -3.77. The Morgan fingerprint density at radius 1 is 0.839 bits per heavy atom. The molecule has 0 saturated carbocycles. The van der Waals surface area contributed by atoms with Crippen LogP contribution in [0, 0.1) is 34.6 Å². The van der Waals surface area contributed by atoms with Gasteiger partial charge in [-0.2, -0.15) is 0 Å². The number of nitrogens with zero attached hydrogens (tertiary/aromatic N) is 1. The van der Waals surface area contributed by atoms with Gasteiger partial charge in [0.05, 0.1) is 21.8 Å². The van der Waals surface area contributed by atoms with Gasteiger partial charge in [-0.15, -0.1) is 0 Å². The molecule has 0 aliphatic carbocycles. The number of sulfonamides is 1. The lowest BCUT2D eigenvalue weighted by Gasteiger charge is -2.19. The lowest BCUT2D eigenvalue weighted by molar-refractivity contribution is 0.468. The second-order valence-electron chi connectivity index (χ2n) is 8.02. The van der Waals surface area contributed by atoms with Crippen LogP contribution in [0.15, 0.2) is 59.5 Å². The first-order valence-corrected chi connectivity index (χ1v) is 11.6. The van der Waals surface area contributed by atoms with E-state index in [0.717, 1.165) is 27.7 Å². The highest BCUT2D eigenvalue weighted by Crippen LogP contribution is 2.38. The Labute approximate surface area is 183 Å². The smallest absolute Gasteiger partial charge is 0.261 e. The van der Waals surface area contributed by atoms with Crippen LogP contribution in [0.1, 0.15) is 27.9 Å². The van der Waals surface area contributed by atoms with E-state index >= 15 is 0 Å². The minimum Gasteiger partial charge on any atom is -0.505 e. The average Bonchev–Trinajstić information content (AvgIpc) is 2.99. The highest BCUT2D eigenvalue weighted by atomic mass is 32.2. The number of hydrogen-bond donors (Lipinski definition) is 2. The summed E-state index contributed by atoms with van der Waals surface area (Å²) in [5, 5.41) is 12.1. The Hall–Kier alpha value is -3.25. The number of fused-ring (bicyclic) bond motifs is 1. The van der Waals surface area contributed by atoms with Crippen molar-refractivity contribution in [2.24, 2.45) is 0 Å². The van der Waals surface area contributed by atoms with E-state index in [2.05, 4.69) is 4.72 Å². The van der Waals surface area contributed by atoms with Crippen LogP contribution in [-0.2, 0) is 10.0 Å². The standard InChI is InChI=1S/C25H26N2O3S/c1-15-10-12-20(13-11-15)31(29,30)26-22-14-24(25(28)17(3)16(22)2)27-19(5)18(4)21-8-6-7-9-23(21)27/h6-14,26,28H,1-5H3. The molecule has 6 heteroatoms. The molecule has 160 valence electrons. The van der Waals surface area contributed by atoms with Crippen LogP contribution in [-0.4, -0.2) is 18.1 Å². The number of para-hydroxylation sites is 1. The summed E-state index contributed by atoms with van der Waals surface area (Å²) in [6, 6.07) is 16.4. The molecule has 0 fully saturated rings. The molecule has 1 heterocycles. The maximum atomic E-state index is 13.0. The summed E-state index contributed by atoms with van der Waals surface area (Å²) in [5.74, 6) is 0.139. The van der Waals surface area contributed by atoms with Crippen molar-refractivity contribution < 1.29 is 13.5 Å².